The number of carbonyl (C=O) groups is 1. The van der Waals surface area contributed by atoms with Gasteiger partial charge in [-0.1, -0.05) is 59.7 Å². The van der Waals surface area contributed by atoms with Crippen molar-refractivity contribution in [3.63, 3.8) is 0 Å². The van der Waals surface area contributed by atoms with Crippen LogP contribution in [0.4, 0.5) is 0 Å². The number of thiocarbonyl (C=S) groups is 1. The molecule has 0 saturated heterocycles. The van der Waals surface area contributed by atoms with Crippen LogP contribution in [-0.4, -0.2) is 22.5 Å². The summed E-state index contributed by atoms with van der Waals surface area (Å²) in [6.07, 6.45) is 1.65. The molecule has 0 radical (unpaired) electrons. The molecule has 30 heavy (non-hydrogen) atoms. The van der Waals surface area contributed by atoms with Gasteiger partial charge in [0.05, 0.1) is 19.4 Å². The maximum Gasteiger partial charge on any atom is 0.239 e. The Morgan fingerprint density at radius 2 is 1.53 bits per heavy atom. The average molecular weight is 422 g/mol. The molecule has 0 bridgehead atoms. The minimum absolute atomic E-state index is 0.105. The van der Waals surface area contributed by atoms with E-state index in [9.17, 15) is 4.79 Å². The van der Waals surface area contributed by atoms with Crippen molar-refractivity contribution in [1.29, 1.82) is 0 Å². The Bertz CT molecular complexity index is 951. The van der Waals surface area contributed by atoms with E-state index in [2.05, 4.69) is 41.8 Å². The van der Waals surface area contributed by atoms with Crippen LogP contribution in [0.25, 0.3) is 0 Å². The molecular formula is C24H27N3O2S. The predicted octanol–water partition coefficient (Wildman–Crippen LogP) is 4.09. The number of hydrogen-bond acceptors (Lipinski definition) is 3. The first-order valence-corrected chi connectivity index (χ1v) is 10.3. The Hall–Kier alpha value is -3.12. The minimum Gasteiger partial charge on any atom is -0.467 e. The van der Waals surface area contributed by atoms with Gasteiger partial charge in [0.25, 0.3) is 0 Å². The van der Waals surface area contributed by atoms with Crippen LogP contribution in [0.2, 0.25) is 0 Å². The van der Waals surface area contributed by atoms with Crippen LogP contribution in [0.15, 0.2) is 71.3 Å². The van der Waals surface area contributed by atoms with E-state index in [4.69, 9.17) is 16.6 Å². The lowest BCUT2D eigenvalue weighted by Crippen LogP contribution is -2.43. The number of carbonyl (C=O) groups excluding carboxylic acids is 1. The second-order valence-corrected chi connectivity index (χ2v) is 7.73. The molecule has 0 aliphatic rings. The molecule has 0 saturated carbocycles. The highest BCUT2D eigenvalue weighted by Crippen LogP contribution is 2.12. The number of furan rings is 1. The van der Waals surface area contributed by atoms with E-state index >= 15 is 0 Å². The zero-order valence-corrected chi connectivity index (χ0v) is 18.2. The highest BCUT2D eigenvalue weighted by atomic mass is 32.1. The van der Waals surface area contributed by atoms with Crippen LogP contribution < -0.4 is 10.6 Å². The number of aryl methyl sites for hydroxylation is 2. The molecule has 0 unspecified atom stereocenters. The smallest absolute Gasteiger partial charge is 0.239 e. The quantitative estimate of drug-likeness (QED) is 0.537. The van der Waals surface area contributed by atoms with E-state index in [1.54, 1.807) is 6.26 Å². The number of rotatable bonds is 8. The Morgan fingerprint density at radius 3 is 2.13 bits per heavy atom. The minimum atomic E-state index is -0.105. The Balaban J connectivity index is 1.54. The summed E-state index contributed by atoms with van der Waals surface area (Å²) >= 11 is 5.58. The molecule has 2 aromatic carbocycles. The van der Waals surface area contributed by atoms with Crippen molar-refractivity contribution in [1.82, 2.24) is 15.5 Å². The summed E-state index contributed by atoms with van der Waals surface area (Å²) in [5.41, 5.74) is 4.61. The van der Waals surface area contributed by atoms with Crippen molar-refractivity contribution in [2.75, 3.05) is 6.54 Å². The summed E-state index contributed by atoms with van der Waals surface area (Å²) in [6, 6.07) is 20.2. The van der Waals surface area contributed by atoms with Gasteiger partial charge < -0.3 is 20.0 Å². The lowest BCUT2D eigenvalue weighted by Gasteiger charge is -2.25. The molecular weight excluding hydrogens is 394 g/mol. The Kier molecular flexibility index (Phi) is 7.63. The van der Waals surface area contributed by atoms with Gasteiger partial charge in [0.15, 0.2) is 5.11 Å². The Labute approximate surface area is 183 Å². The number of nitrogens with one attached hydrogen (secondary N) is 2. The fourth-order valence-corrected chi connectivity index (χ4v) is 3.14. The number of amides is 1. The zero-order chi connectivity index (χ0) is 21.3. The molecule has 0 aliphatic carbocycles. The van der Waals surface area contributed by atoms with Crippen LogP contribution in [-0.2, 0) is 24.4 Å². The largest absolute Gasteiger partial charge is 0.467 e. The highest BCUT2D eigenvalue weighted by Gasteiger charge is 2.14. The third-order valence-electron chi connectivity index (χ3n) is 4.72. The first-order chi connectivity index (χ1) is 14.5. The van der Waals surface area contributed by atoms with Crippen molar-refractivity contribution in [2.45, 2.75) is 33.5 Å². The SMILES string of the molecule is Cc1ccc(CNC(=O)CNC(=S)N(Cc2ccc(C)cc2)Cc2ccco2)cc1. The maximum atomic E-state index is 12.3. The van der Waals surface area contributed by atoms with Gasteiger partial charge in [0.1, 0.15) is 5.76 Å². The van der Waals surface area contributed by atoms with Crippen molar-refractivity contribution < 1.29 is 9.21 Å². The third-order valence-corrected chi connectivity index (χ3v) is 5.12. The van der Waals surface area contributed by atoms with Gasteiger partial charge >= 0.3 is 0 Å². The van der Waals surface area contributed by atoms with Crippen molar-refractivity contribution in [3.05, 3.63) is 94.9 Å². The molecule has 3 rings (SSSR count). The fourth-order valence-electron chi connectivity index (χ4n) is 2.94. The van der Waals surface area contributed by atoms with Gasteiger partial charge in [-0.3, -0.25) is 4.79 Å². The molecule has 6 heteroatoms. The number of benzene rings is 2. The van der Waals surface area contributed by atoms with Gasteiger partial charge in [0, 0.05) is 13.1 Å². The maximum absolute atomic E-state index is 12.3. The molecule has 0 atom stereocenters. The molecule has 1 amide bonds. The first kappa shape index (κ1) is 21.6. The van der Waals surface area contributed by atoms with E-state index in [-0.39, 0.29) is 12.5 Å². The van der Waals surface area contributed by atoms with Gasteiger partial charge in [-0.15, -0.1) is 0 Å². The number of hydrogen-bond donors (Lipinski definition) is 2. The molecule has 156 valence electrons. The number of nitrogens with zero attached hydrogens (tertiary/aromatic N) is 1. The van der Waals surface area contributed by atoms with E-state index in [0.29, 0.717) is 24.7 Å². The summed E-state index contributed by atoms with van der Waals surface area (Å²) in [7, 11) is 0. The van der Waals surface area contributed by atoms with Crippen LogP contribution in [0, 0.1) is 13.8 Å². The second-order valence-electron chi connectivity index (χ2n) is 7.34. The molecule has 0 spiro atoms. The van der Waals surface area contributed by atoms with Crippen LogP contribution >= 0.6 is 12.2 Å². The fraction of sp³-hybridized carbons (Fsp3) is 0.250. The zero-order valence-electron chi connectivity index (χ0n) is 17.4. The highest BCUT2D eigenvalue weighted by molar-refractivity contribution is 7.80. The average Bonchev–Trinajstić information content (AvgIpc) is 3.26. The summed E-state index contributed by atoms with van der Waals surface area (Å²) < 4.78 is 5.48. The molecule has 5 nitrogen and oxygen atoms in total. The molecule has 2 N–H and O–H groups in total. The predicted molar refractivity (Wildman–Crippen MR) is 123 cm³/mol. The molecule has 1 heterocycles. The van der Waals surface area contributed by atoms with Crippen molar-refractivity contribution in [3.8, 4) is 0 Å². The molecule has 0 aliphatic heterocycles. The summed E-state index contributed by atoms with van der Waals surface area (Å²) in [5.74, 6) is 0.710. The Morgan fingerprint density at radius 1 is 0.900 bits per heavy atom. The second kappa shape index (κ2) is 10.6. The van der Waals surface area contributed by atoms with Gasteiger partial charge in [-0.2, -0.15) is 0 Å². The third kappa shape index (κ3) is 6.74. The van der Waals surface area contributed by atoms with Crippen LogP contribution in [0.1, 0.15) is 28.0 Å². The monoisotopic (exact) mass is 421 g/mol. The normalized spacial score (nSPS) is 10.5. The summed E-state index contributed by atoms with van der Waals surface area (Å²) in [5, 5.41) is 6.50. The van der Waals surface area contributed by atoms with Gasteiger partial charge in [-0.05, 0) is 49.3 Å². The van der Waals surface area contributed by atoms with Crippen molar-refractivity contribution in [2.24, 2.45) is 0 Å². The molecule has 3 aromatic rings. The van der Waals surface area contributed by atoms with Gasteiger partial charge in [-0.25, -0.2) is 0 Å². The standard InChI is InChI=1S/C24H27N3O2S/c1-18-5-9-20(10-6-18)14-25-23(28)15-26-24(30)27(17-22-4-3-13-29-22)16-21-11-7-19(2)8-12-21/h3-13H,14-17H2,1-2H3,(H,25,28)(H,26,30). The van der Waals surface area contributed by atoms with E-state index in [0.717, 1.165) is 16.9 Å². The van der Waals surface area contributed by atoms with Crippen LogP contribution in [0.5, 0.6) is 0 Å². The first-order valence-electron chi connectivity index (χ1n) is 9.92. The summed E-state index contributed by atoms with van der Waals surface area (Å²) in [4.78, 5) is 14.2. The van der Waals surface area contributed by atoms with E-state index < -0.39 is 0 Å². The summed E-state index contributed by atoms with van der Waals surface area (Å²) in [6.45, 7) is 5.86. The molecule has 1 aromatic heterocycles. The van der Waals surface area contributed by atoms with E-state index in [1.165, 1.54) is 11.1 Å². The van der Waals surface area contributed by atoms with E-state index in [1.807, 2.05) is 48.2 Å². The lowest BCUT2D eigenvalue weighted by molar-refractivity contribution is -0.120. The topological polar surface area (TPSA) is 57.5 Å². The van der Waals surface area contributed by atoms with Gasteiger partial charge in [0.2, 0.25) is 5.91 Å². The lowest BCUT2D eigenvalue weighted by atomic mass is 10.1. The van der Waals surface area contributed by atoms with Crippen molar-refractivity contribution >= 4 is 23.2 Å². The van der Waals surface area contributed by atoms with Crippen LogP contribution in [0.3, 0.4) is 0 Å². The molecule has 0 fully saturated rings.